The zero-order valence-corrected chi connectivity index (χ0v) is 10.2. The number of benzene rings is 1. The van der Waals surface area contributed by atoms with Gasteiger partial charge in [-0.25, -0.2) is 4.39 Å². The minimum absolute atomic E-state index is 0.0686. The van der Waals surface area contributed by atoms with Crippen molar-refractivity contribution in [3.63, 3.8) is 0 Å². The number of carbonyl (C=O) groups is 1. The van der Waals surface area contributed by atoms with Crippen LogP contribution in [0.3, 0.4) is 0 Å². The molecule has 0 aliphatic heterocycles. The molecule has 0 atom stereocenters. The van der Waals surface area contributed by atoms with Gasteiger partial charge in [0.1, 0.15) is 5.82 Å². The molecule has 0 fully saturated rings. The average molecular weight is 281 g/mol. The molecule has 0 aliphatic carbocycles. The van der Waals surface area contributed by atoms with Gasteiger partial charge in [0.05, 0.1) is 5.69 Å². The lowest BCUT2D eigenvalue weighted by molar-refractivity contribution is 0.102. The Bertz CT molecular complexity index is 629. The van der Waals surface area contributed by atoms with Crippen LogP contribution in [0.2, 0.25) is 0 Å². The fourth-order valence-electron chi connectivity index (χ4n) is 1.34. The minimum Gasteiger partial charge on any atom is -0.409 e. The summed E-state index contributed by atoms with van der Waals surface area (Å²) in [5, 5.41) is 18.9. The molecule has 0 saturated heterocycles. The summed E-state index contributed by atoms with van der Waals surface area (Å²) in [7, 11) is 0. The summed E-state index contributed by atoms with van der Waals surface area (Å²) in [5.74, 6) is -1.41. The largest absolute Gasteiger partial charge is 0.409 e. The number of nitrogens with zero attached hydrogens (tertiary/aromatic N) is 3. The number of anilines is 1. The molecule has 0 unspecified atom stereocenters. The van der Waals surface area contributed by atoms with Crippen LogP contribution in [0.1, 0.15) is 16.1 Å². The molecular formula is C10H8FN5O2S. The lowest BCUT2D eigenvalue weighted by Gasteiger charge is -2.09. The predicted molar refractivity (Wildman–Crippen MR) is 66.8 cm³/mol. The van der Waals surface area contributed by atoms with Gasteiger partial charge in [-0.2, -0.15) is 0 Å². The van der Waals surface area contributed by atoms with Crippen molar-refractivity contribution in [1.82, 2.24) is 9.59 Å². The summed E-state index contributed by atoms with van der Waals surface area (Å²) in [6.07, 6.45) is 0. The van der Waals surface area contributed by atoms with E-state index in [1.165, 1.54) is 11.4 Å². The van der Waals surface area contributed by atoms with Crippen molar-refractivity contribution < 1.29 is 14.4 Å². The first-order chi connectivity index (χ1) is 9.11. The SMILES string of the molecule is N/C(=N/O)c1cc(F)ccc1NC(=O)c1csnn1. The molecule has 0 radical (unpaired) electrons. The van der Waals surface area contributed by atoms with Crippen molar-refractivity contribution in [2.75, 3.05) is 5.32 Å². The predicted octanol–water partition coefficient (Wildman–Crippen LogP) is 1.02. The second kappa shape index (κ2) is 5.40. The normalized spacial score (nSPS) is 11.3. The lowest BCUT2D eigenvalue weighted by Crippen LogP contribution is -2.19. The first kappa shape index (κ1) is 12.9. The van der Waals surface area contributed by atoms with Gasteiger partial charge in [0.2, 0.25) is 0 Å². The van der Waals surface area contributed by atoms with Gasteiger partial charge in [0.15, 0.2) is 11.5 Å². The van der Waals surface area contributed by atoms with Crippen LogP contribution in [0.25, 0.3) is 0 Å². The molecule has 1 aromatic heterocycles. The summed E-state index contributed by atoms with van der Waals surface area (Å²) in [4.78, 5) is 11.8. The highest BCUT2D eigenvalue weighted by molar-refractivity contribution is 7.03. The van der Waals surface area contributed by atoms with E-state index < -0.39 is 11.7 Å². The van der Waals surface area contributed by atoms with E-state index in [1.54, 1.807) is 0 Å². The zero-order valence-electron chi connectivity index (χ0n) is 9.37. The van der Waals surface area contributed by atoms with Gasteiger partial charge >= 0.3 is 0 Å². The third kappa shape index (κ3) is 2.83. The maximum atomic E-state index is 13.1. The number of oxime groups is 1. The van der Waals surface area contributed by atoms with Crippen molar-refractivity contribution in [2.24, 2.45) is 10.9 Å². The molecular weight excluding hydrogens is 273 g/mol. The number of halogens is 1. The van der Waals surface area contributed by atoms with Gasteiger partial charge in [0, 0.05) is 10.9 Å². The molecule has 1 aromatic carbocycles. The van der Waals surface area contributed by atoms with Gasteiger partial charge in [-0.3, -0.25) is 4.79 Å². The number of hydrogen-bond acceptors (Lipinski definition) is 6. The van der Waals surface area contributed by atoms with Crippen LogP contribution in [-0.2, 0) is 0 Å². The van der Waals surface area contributed by atoms with Crippen LogP contribution in [0, 0.1) is 5.82 Å². The molecule has 98 valence electrons. The third-order valence-electron chi connectivity index (χ3n) is 2.21. The van der Waals surface area contributed by atoms with Gasteiger partial charge in [-0.1, -0.05) is 9.64 Å². The lowest BCUT2D eigenvalue weighted by atomic mass is 10.1. The van der Waals surface area contributed by atoms with Crippen molar-refractivity contribution >= 4 is 29.0 Å². The van der Waals surface area contributed by atoms with Crippen molar-refractivity contribution in [1.29, 1.82) is 0 Å². The van der Waals surface area contributed by atoms with Gasteiger partial charge in [0.25, 0.3) is 5.91 Å². The zero-order chi connectivity index (χ0) is 13.8. The molecule has 0 bridgehead atoms. The minimum atomic E-state index is -0.574. The topological polar surface area (TPSA) is 113 Å². The maximum absolute atomic E-state index is 13.1. The quantitative estimate of drug-likeness (QED) is 0.336. The first-order valence-electron chi connectivity index (χ1n) is 4.97. The summed E-state index contributed by atoms with van der Waals surface area (Å²) >= 11 is 1.03. The fraction of sp³-hybridized carbons (Fsp3) is 0. The van der Waals surface area contributed by atoms with Crippen molar-refractivity contribution in [3.05, 3.63) is 40.7 Å². The Morgan fingerprint density at radius 1 is 1.53 bits per heavy atom. The van der Waals surface area contributed by atoms with E-state index in [9.17, 15) is 9.18 Å². The number of carbonyl (C=O) groups excluding carboxylic acids is 1. The van der Waals surface area contributed by atoms with Crippen LogP contribution in [0.4, 0.5) is 10.1 Å². The van der Waals surface area contributed by atoms with Crippen LogP contribution >= 0.6 is 11.5 Å². The Morgan fingerprint density at radius 3 is 2.95 bits per heavy atom. The summed E-state index contributed by atoms with van der Waals surface area (Å²) in [5.41, 5.74) is 5.81. The van der Waals surface area contributed by atoms with Crippen LogP contribution in [0.5, 0.6) is 0 Å². The third-order valence-corrected chi connectivity index (χ3v) is 2.71. The number of amides is 1. The number of aromatic nitrogens is 2. The first-order valence-corrected chi connectivity index (χ1v) is 5.81. The molecule has 0 aliphatic rings. The average Bonchev–Trinajstić information content (AvgIpc) is 2.94. The molecule has 0 spiro atoms. The van der Waals surface area contributed by atoms with E-state index in [1.807, 2.05) is 0 Å². The molecule has 9 heteroatoms. The smallest absolute Gasteiger partial charge is 0.277 e. The van der Waals surface area contributed by atoms with Gasteiger partial charge in [-0.15, -0.1) is 5.10 Å². The number of amidine groups is 1. The van der Waals surface area contributed by atoms with E-state index in [-0.39, 0.29) is 22.8 Å². The molecule has 7 nitrogen and oxygen atoms in total. The van der Waals surface area contributed by atoms with Gasteiger partial charge in [-0.05, 0) is 29.7 Å². The Labute approximate surface area is 110 Å². The Hall–Kier alpha value is -2.55. The molecule has 0 saturated carbocycles. The molecule has 2 rings (SSSR count). The second-order valence-electron chi connectivity index (χ2n) is 3.42. The number of hydrogen-bond donors (Lipinski definition) is 3. The van der Waals surface area contributed by atoms with E-state index >= 15 is 0 Å². The summed E-state index contributed by atoms with van der Waals surface area (Å²) in [6, 6.07) is 3.49. The fourth-order valence-corrected chi connectivity index (χ4v) is 1.78. The van der Waals surface area contributed by atoms with E-state index in [2.05, 4.69) is 20.1 Å². The Morgan fingerprint density at radius 2 is 2.32 bits per heavy atom. The monoisotopic (exact) mass is 281 g/mol. The highest BCUT2D eigenvalue weighted by atomic mass is 32.1. The Kier molecular flexibility index (Phi) is 3.66. The highest BCUT2D eigenvalue weighted by Gasteiger charge is 2.14. The van der Waals surface area contributed by atoms with Gasteiger partial charge < -0.3 is 16.3 Å². The number of nitrogens with one attached hydrogen (secondary N) is 1. The van der Waals surface area contributed by atoms with Crippen LogP contribution in [-0.4, -0.2) is 26.5 Å². The molecule has 2 aromatic rings. The Balaban J connectivity index is 2.32. The van der Waals surface area contributed by atoms with Crippen LogP contribution in [0.15, 0.2) is 28.7 Å². The van der Waals surface area contributed by atoms with Crippen molar-refractivity contribution in [2.45, 2.75) is 0 Å². The van der Waals surface area contributed by atoms with E-state index in [0.29, 0.717) is 0 Å². The molecule has 1 heterocycles. The maximum Gasteiger partial charge on any atom is 0.277 e. The van der Waals surface area contributed by atoms with Crippen LogP contribution < -0.4 is 11.1 Å². The molecule has 4 N–H and O–H groups in total. The number of rotatable bonds is 3. The highest BCUT2D eigenvalue weighted by Crippen LogP contribution is 2.17. The van der Waals surface area contributed by atoms with E-state index in [4.69, 9.17) is 10.9 Å². The molecule has 1 amide bonds. The molecule has 19 heavy (non-hydrogen) atoms. The standard InChI is InChI=1S/C10H8FN5O2S/c11-5-1-2-7(6(3-5)9(12)15-18)13-10(17)8-4-19-16-14-8/h1-4,18H,(H2,12,15)(H,13,17). The van der Waals surface area contributed by atoms with E-state index in [0.717, 1.165) is 23.7 Å². The second-order valence-corrected chi connectivity index (χ2v) is 4.03. The summed E-state index contributed by atoms with van der Waals surface area (Å²) in [6.45, 7) is 0. The van der Waals surface area contributed by atoms with Crippen molar-refractivity contribution in [3.8, 4) is 0 Å². The number of nitrogens with two attached hydrogens (primary N) is 1. The summed E-state index contributed by atoms with van der Waals surface area (Å²) < 4.78 is 16.7.